The van der Waals surface area contributed by atoms with Crippen LogP contribution in [0.15, 0.2) is 0 Å². The molecule has 0 aromatic heterocycles. The average molecular weight is 167 g/mol. The zero-order chi connectivity index (χ0) is 8.55. The molecular weight excluding hydrogens is 150 g/mol. The first kappa shape index (κ1) is 8.24. The molecule has 2 aliphatic rings. The van der Waals surface area contributed by atoms with Gasteiger partial charge in [0.05, 0.1) is 0 Å². The van der Waals surface area contributed by atoms with Crippen molar-refractivity contribution in [3.63, 3.8) is 0 Å². The first-order valence-electron chi connectivity index (χ1n) is 4.96. The summed E-state index contributed by atoms with van der Waals surface area (Å²) in [6.07, 6.45) is 4.11. The molecule has 1 aliphatic heterocycles. The SMILES string of the molecule is CN1CC[C@@H]2CC(=O)CC[C@H]2C1. The number of piperidine rings is 1. The van der Waals surface area contributed by atoms with Gasteiger partial charge in [-0.05, 0) is 38.3 Å². The highest BCUT2D eigenvalue weighted by atomic mass is 16.1. The van der Waals surface area contributed by atoms with E-state index in [0.717, 1.165) is 31.1 Å². The fourth-order valence-corrected chi connectivity index (χ4v) is 2.60. The molecule has 0 spiro atoms. The summed E-state index contributed by atoms with van der Waals surface area (Å²) in [6, 6.07) is 0. The summed E-state index contributed by atoms with van der Waals surface area (Å²) in [7, 11) is 2.19. The van der Waals surface area contributed by atoms with Gasteiger partial charge in [0.25, 0.3) is 0 Å². The minimum atomic E-state index is 0.501. The first-order chi connectivity index (χ1) is 5.75. The Labute approximate surface area is 73.9 Å². The van der Waals surface area contributed by atoms with E-state index in [-0.39, 0.29) is 0 Å². The molecule has 0 amide bonds. The van der Waals surface area contributed by atoms with Gasteiger partial charge < -0.3 is 4.90 Å². The summed E-state index contributed by atoms with van der Waals surface area (Å²) in [5.41, 5.74) is 0. The van der Waals surface area contributed by atoms with Gasteiger partial charge in [-0.15, -0.1) is 0 Å². The number of ketones is 1. The lowest BCUT2D eigenvalue weighted by molar-refractivity contribution is -0.123. The van der Waals surface area contributed by atoms with Crippen LogP contribution in [0.25, 0.3) is 0 Å². The van der Waals surface area contributed by atoms with E-state index in [1.807, 2.05) is 0 Å². The predicted molar refractivity (Wildman–Crippen MR) is 48.0 cm³/mol. The van der Waals surface area contributed by atoms with Crippen LogP contribution in [-0.4, -0.2) is 30.8 Å². The molecule has 12 heavy (non-hydrogen) atoms. The molecule has 1 aliphatic carbocycles. The zero-order valence-corrected chi connectivity index (χ0v) is 7.75. The van der Waals surface area contributed by atoms with E-state index in [2.05, 4.69) is 11.9 Å². The minimum Gasteiger partial charge on any atom is -0.306 e. The lowest BCUT2D eigenvalue weighted by Gasteiger charge is -2.39. The van der Waals surface area contributed by atoms with Crippen molar-refractivity contribution in [1.29, 1.82) is 0 Å². The fourth-order valence-electron chi connectivity index (χ4n) is 2.60. The molecule has 0 bridgehead atoms. The van der Waals surface area contributed by atoms with E-state index >= 15 is 0 Å². The highest BCUT2D eigenvalue weighted by Crippen LogP contribution is 2.33. The van der Waals surface area contributed by atoms with Gasteiger partial charge in [-0.25, -0.2) is 0 Å². The van der Waals surface area contributed by atoms with Gasteiger partial charge in [0.15, 0.2) is 0 Å². The number of hydrogen-bond donors (Lipinski definition) is 0. The molecule has 2 atom stereocenters. The van der Waals surface area contributed by atoms with Gasteiger partial charge in [0.2, 0.25) is 0 Å². The molecule has 0 aromatic carbocycles. The Bertz CT molecular complexity index is 190. The molecule has 2 fully saturated rings. The van der Waals surface area contributed by atoms with Crippen LogP contribution in [0.4, 0.5) is 0 Å². The number of Topliss-reactive ketones (excluding diaryl/α,β-unsaturated/α-hetero) is 1. The van der Waals surface area contributed by atoms with E-state index in [1.165, 1.54) is 19.5 Å². The Morgan fingerprint density at radius 2 is 2.17 bits per heavy atom. The Balaban J connectivity index is 1.98. The van der Waals surface area contributed by atoms with E-state index < -0.39 is 0 Å². The predicted octanol–water partition coefficient (Wildman–Crippen LogP) is 1.31. The third kappa shape index (κ3) is 1.53. The second kappa shape index (κ2) is 3.17. The monoisotopic (exact) mass is 167 g/mol. The van der Waals surface area contributed by atoms with Crippen molar-refractivity contribution in [3.8, 4) is 0 Å². The van der Waals surface area contributed by atoms with Crippen LogP contribution in [0.3, 0.4) is 0 Å². The molecule has 0 radical (unpaired) electrons. The van der Waals surface area contributed by atoms with Crippen molar-refractivity contribution in [2.24, 2.45) is 11.8 Å². The highest BCUT2D eigenvalue weighted by molar-refractivity contribution is 5.79. The van der Waals surface area contributed by atoms with E-state index in [4.69, 9.17) is 0 Å². The van der Waals surface area contributed by atoms with Crippen molar-refractivity contribution < 1.29 is 4.79 Å². The number of hydrogen-bond acceptors (Lipinski definition) is 2. The molecule has 1 heterocycles. The number of carbonyl (C=O) groups is 1. The van der Waals surface area contributed by atoms with Gasteiger partial charge >= 0.3 is 0 Å². The fraction of sp³-hybridized carbons (Fsp3) is 0.900. The molecule has 1 saturated carbocycles. The molecule has 68 valence electrons. The second-order valence-corrected chi connectivity index (χ2v) is 4.35. The highest BCUT2D eigenvalue weighted by Gasteiger charge is 2.32. The van der Waals surface area contributed by atoms with Crippen LogP contribution in [0.5, 0.6) is 0 Å². The zero-order valence-electron chi connectivity index (χ0n) is 7.75. The second-order valence-electron chi connectivity index (χ2n) is 4.35. The molecule has 2 nitrogen and oxygen atoms in total. The van der Waals surface area contributed by atoms with Gasteiger partial charge in [-0.3, -0.25) is 4.79 Å². The van der Waals surface area contributed by atoms with E-state index in [9.17, 15) is 4.79 Å². The number of carbonyl (C=O) groups excluding carboxylic acids is 1. The smallest absolute Gasteiger partial charge is 0.133 e. The summed E-state index contributed by atoms with van der Waals surface area (Å²) >= 11 is 0. The summed E-state index contributed by atoms with van der Waals surface area (Å²) < 4.78 is 0. The quantitative estimate of drug-likeness (QED) is 0.542. The van der Waals surface area contributed by atoms with Gasteiger partial charge in [0.1, 0.15) is 5.78 Å². The van der Waals surface area contributed by atoms with Gasteiger partial charge in [-0.2, -0.15) is 0 Å². The maximum Gasteiger partial charge on any atom is 0.133 e. The number of likely N-dealkylation sites (tertiary alicyclic amines) is 1. The average Bonchev–Trinajstić information content (AvgIpc) is 2.05. The van der Waals surface area contributed by atoms with Crippen molar-refractivity contribution in [3.05, 3.63) is 0 Å². The number of nitrogens with zero attached hydrogens (tertiary/aromatic N) is 1. The maximum absolute atomic E-state index is 11.2. The molecule has 1 saturated heterocycles. The summed E-state index contributed by atoms with van der Waals surface area (Å²) in [6.45, 7) is 2.41. The van der Waals surface area contributed by atoms with Crippen LogP contribution in [0.2, 0.25) is 0 Å². The Kier molecular flexibility index (Phi) is 2.18. The summed E-state index contributed by atoms with van der Waals surface area (Å²) in [4.78, 5) is 13.6. The standard InChI is InChI=1S/C10H17NO/c1-11-5-4-8-6-10(12)3-2-9(8)7-11/h8-9H,2-7H2,1H3/t8-,9+/m1/s1. The van der Waals surface area contributed by atoms with Crippen LogP contribution in [0, 0.1) is 11.8 Å². The van der Waals surface area contributed by atoms with Crippen LogP contribution < -0.4 is 0 Å². The number of rotatable bonds is 0. The van der Waals surface area contributed by atoms with Crippen molar-refractivity contribution in [2.45, 2.75) is 25.7 Å². The van der Waals surface area contributed by atoms with E-state index in [0.29, 0.717) is 5.78 Å². The molecule has 0 aromatic rings. The molecule has 2 heteroatoms. The van der Waals surface area contributed by atoms with Gasteiger partial charge in [-0.1, -0.05) is 0 Å². The van der Waals surface area contributed by atoms with Crippen molar-refractivity contribution in [2.75, 3.05) is 20.1 Å². The first-order valence-corrected chi connectivity index (χ1v) is 4.96. The van der Waals surface area contributed by atoms with Crippen molar-refractivity contribution >= 4 is 5.78 Å². The Hall–Kier alpha value is -0.370. The van der Waals surface area contributed by atoms with Crippen LogP contribution >= 0.6 is 0 Å². The van der Waals surface area contributed by atoms with Crippen molar-refractivity contribution in [1.82, 2.24) is 4.90 Å². The molecule has 0 N–H and O–H groups in total. The molecular formula is C10H17NO. The lowest BCUT2D eigenvalue weighted by atomic mass is 9.75. The maximum atomic E-state index is 11.2. The van der Waals surface area contributed by atoms with E-state index in [1.54, 1.807) is 0 Å². The molecule has 2 rings (SSSR count). The summed E-state index contributed by atoms with van der Waals surface area (Å²) in [5, 5.41) is 0. The van der Waals surface area contributed by atoms with Gasteiger partial charge in [0, 0.05) is 19.4 Å². The Morgan fingerprint density at radius 1 is 1.33 bits per heavy atom. The third-order valence-electron chi connectivity index (χ3n) is 3.38. The van der Waals surface area contributed by atoms with Crippen LogP contribution in [0.1, 0.15) is 25.7 Å². The normalized spacial score (nSPS) is 37.9. The summed E-state index contributed by atoms with van der Waals surface area (Å²) in [5.74, 6) is 2.05. The number of fused-ring (bicyclic) bond motifs is 1. The largest absolute Gasteiger partial charge is 0.306 e. The van der Waals surface area contributed by atoms with Crippen LogP contribution in [-0.2, 0) is 4.79 Å². The minimum absolute atomic E-state index is 0.501. The third-order valence-corrected chi connectivity index (χ3v) is 3.38. The topological polar surface area (TPSA) is 20.3 Å². The molecule has 0 unspecified atom stereocenters. The lowest BCUT2D eigenvalue weighted by Crippen LogP contribution is -2.41. The Morgan fingerprint density at radius 3 is 3.00 bits per heavy atom.